The van der Waals surface area contributed by atoms with Crippen LogP contribution in [-0.4, -0.2) is 76.6 Å². The quantitative estimate of drug-likeness (QED) is 0.432. The van der Waals surface area contributed by atoms with Crippen LogP contribution >= 0.6 is 0 Å². The van der Waals surface area contributed by atoms with Crippen molar-refractivity contribution < 1.29 is 4.74 Å². The Labute approximate surface area is 176 Å². The lowest BCUT2D eigenvalue weighted by atomic mass is 10.1. The Bertz CT molecular complexity index is 586. The molecule has 166 valence electrons. The lowest BCUT2D eigenvalue weighted by molar-refractivity contribution is 0.0224. The normalized spacial score (nSPS) is 18.1. The van der Waals surface area contributed by atoms with Crippen molar-refractivity contribution in [3.63, 3.8) is 0 Å². The summed E-state index contributed by atoms with van der Waals surface area (Å²) in [6.45, 7) is 16.1. The third kappa shape index (κ3) is 8.30. The first-order valence-corrected chi connectivity index (χ1v) is 11.3. The molecule has 8 nitrogen and oxygen atoms in total. The first-order chi connectivity index (χ1) is 14.0. The molecule has 1 aromatic rings. The van der Waals surface area contributed by atoms with Gasteiger partial charge in [-0.1, -0.05) is 6.92 Å². The second kappa shape index (κ2) is 12.8. The highest BCUT2D eigenvalue weighted by Gasteiger charge is 2.15. The average Bonchev–Trinajstić information content (AvgIpc) is 3.16. The predicted octanol–water partition coefficient (Wildman–Crippen LogP) is 2.06. The Morgan fingerprint density at radius 3 is 2.66 bits per heavy atom. The van der Waals surface area contributed by atoms with E-state index in [2.05, 4.69) is 64.9 Å². The Hall–Kier alpha value is -1.67. The summed E-state index contributed by atoms with van der Waals surface area (Å²) in [6, 6.07) is 1.06. The van der Waals surface area contributed by atoms with Crippen LogP contribution in [0, 0.1) is 0 Å². The van der Waals surface area contributed by atoms with Crippen LogP contribution in [0.5, 0.6) is 0 Å². The van der Waals surface area contributed by atoms with Crippen molar-refractivity contribution in [2.45, 2.75) is 85.0 Å². The summed E-state index contributed by atoms with van der Waals surface area (Å²) in [6.07, 6.45) is 6.44. The van der Waals surface area contributed by atoms with Crippen LogP contribution in [0.2, 0.25) is 0 Å². The SMILES string of the molecule is CCc1nncn1CCNC(=NCC1CCCCO1)NCCN(C(C)C)C(C)C. The zero-order chi connectivity index (χ0) is 21.1. The van der Waals surface area contributed by atoms with Gasteiger partial charge in [0.2, 0.25) is 0 Å². The van der Waals surface area contributed by atoms with Crippen LogP contribution in [0.1, 0.15) is 59.7 Å². The fraction of sp³-hybridized carbons (Fsp3) is 0.857. The highest BCUT2D eigenvalue weighted by molar-refractivity contribution is 5.79. The molecule has 1 aliphatic heterocycles. The Morgan fingerprint density at radius 1 is 1.24 bits per heavy atom. The molecule has 0 radical (unpaired) electrons. The minimum absolute atomic E-state index is 0.245. The maximum absolute atomic E-state index is 5.84. The zero-order valence-electron chi connectivity index (χ0n) is 19.0. The molecule has 29 heavy (non-hydrogen) atoms. The molecule has 0 aliphatic carbocycles. The highest BCUT2D eigenvalue weighted by atomic mass is 16.5. The van der Waals surface area contributed by atoms with Gasteiger partial charge in [0.25, 0.3) is 0 Å². The molecule has 1 aliphatic rings. The Balaban J connectivity index is 1.87. The highest BCUT2D eigenvalue weighted by Crippen LogP contribution is 2.12. The molecule has 0 bridgehead atoms. The number of hydrogen-bond acceptors (Lipinski definition) is 5. The van der Waals surface area contributed by atoms with E-state index in [4.69, 9.17) is 9.73 Å². The minimum atomic E-state index is 0.245. The first-order valence-electron chi connectivity index (χ1n) is 11.3. The van der Waals surface area contributed by atoms with Crippen molar-refractivity contribution in [2.24, 2.45) is 4.99 Å². The summed E-state index contributed by atoms with van der Waals surface area (Å²) in [5.41, 5.74) is 0. The van der Waals surface area contributed by atoms with E-state index in [0.717, 1.165) is 57.4 Å². The van der Waals surface area contributed by atoms with E-state index in [1.54, 1.807) is 6.33 Å². The summed E-state index contributed by atoms with van der Waals surface area (Å²) in [4.78, 5) is 7.29. The van der Waals surface area contributed by atoms with Gasteiger partial charge in [-0.15, -0.1) is 10.2 Å². The van der Waals surface area contributed by atoms with Crippen LogP contribution in [0.3, 0.4) is 0 Å². The van der Waals surface area contributed by atoms with Gasteiger partial charge in [-0.3, -0.25) is 9.89 Å². The number of aromatic nitrogens is 3. The second-order valence-electron chi connectivity index (χ2n) is 8.25. The van der Waals surface area contributed by atoms with Crippen molar-refractivity contribution >= 4 is 5.96 Å². The van der Waals surface area contributed by atoms with Crippen molar-refractivity contribution in [3.05, 3.63) is 12.2 Å². The maximum Gasteiger partial charge on any atom is 0.191 e. The van der Waals surface area contributed by atoms with Gasteiger partial charge in [0.1, 0.15) is 12.2 Å². The monoisotopic (exact) mass is 407 g/mol. The third-order valence-corrected chi connectivity index (χ3v) is 5.37. The summed E-state index contributed by atoms with van der Waals surface area (Å²) in [5, 5.41) is 15.1. The number of rotatable bonds is 11. The van der Waals surface area contributed by atoms with Gasteiger partial charge >= 0.3 is 0 Å². The third-order valence-electron chi connectivity index (χ3n) is 5.37. The molecule has 1 unspecified atom stereocenters. The van der Waals surface area contributed by atoms with Crippen LogP contribution in [-0.2, 0) is 17.7 Å². The minimum Gasteiger partial charge on any atom is -0.376 e. The number of ether oxygens (including phenoxy) is 1. The molecule has 2 rings (SSSR count). The number of aryl methyl sites for hydroxylation is 1. The molecule has 0 amide bonds. The first kappa shape index (κ1) is 23.6. The largest absolute Gasteiger partial charge is 0.376 e. The van der Waals surface area contributed by atoms with E-state index in [1.807, 2.05) is 0 Å². The molecule has 2 N–H and O–H groups in total. The molecule has 1 saturated heterocycles. The fourth-order valence-corrected chi connectivity index (χ4v) is 3.77. The molecule has 1 fully saturated rings. The van der Waals surface area contributed by atoms with Gasteiger partial charge in [-0.05, 0) is 47.0 Å². The van der Waals surface area contributed by atoms with E-state index >= 15 is 0 Å². The predicted molar refractivity (Wildman–Crippen MR) is 118 cm³/mol. The van der Waals surface area contributed by atoms with Crippen LogP contribution in [0.15, 0.2) is 11.3 Å². The molecule has 0 saturated carbocycles. The van der Waals surface area contributed by atoms with Crippen molar-refractivity contribution in [2.75, 3.05) is 32.8 Å². The van der Waals surface area contributed by atoms with Gasteiger partial charge in [-0.25, -0.2) is 0 Å². The molecule has 2 heterocycles. The summed E-state index contributed by atoms with van der Waals surface area (Å²) < 4.78 is 7.93. The molecule has 0 spiro atoms. The topological polar surface area (TPSA) is 79.6 Å². The van der Waals surface area contributed by atoms with E-state index in [0.29, 0.717) is 18.6 Å². The molecule has 8 heteroatoms. The average molecular weight is 408 g/mol. The van der Waals surface area contributed by atoms with E-state index in [-0.39, 0.29) is 6.10 Å². The van der Waals surface area contributed by atoms with Gasteiger partial charge in [0.05, 0.1) is 12.6 Å². The molecular weight excluding hydrogens is 366 g/mol. The standard InChI is InChI=1S/C21H41N7O/c1-6-20-26-25-16-27(20)12-10-22-21(24-15-19-9-7-8-14-29-19)23-11-13-28(17(2)3)18(4)5/h16-19H,6-15H2,1-5H3,(H2,22,23,24). The summed E-state index contributed by atoms with van der Waals surface area (Å²) in [7, 11) is 0. The van der Waals surface area contributed by atoms with Crippen molar-refractivity contribution in [3.8, 4) is 0 Å². The van der Waals surface area contributed by atoms with Gasteiger partial charge < -0.3 is 19.9 Å². The number of nitrogens with one attached hydrogen (secondary N) is 2. The lowest BCUT2D eigenvalue weighted by Crippen LogP contribution is -2.46. The maximum atomic E-state index is 5.84. The van der Waals surface area contributed by atoms with E-state index in [9.17, 15) is 0 Å². The van der Waals surface area contributed by atoms with Crippen molar-refractivity contribution in [1.82, 2.24) is 30.3 Å². The number of aliphatic imine (C=N–C) groups is 1. The Morgan fingerprint density at radius 2 is 2.00 bits per heavy atom. The smallest absolute Gasteiger partial charge is 0.191 e. The lowest BCUT2D eigenvalue weighted by Gasteiger charge is -2.30. The van der Waals surface area contributed by atoms with E-state index in [1.165, 1.54) is 12.8 Å². The number of hydrogen-bond donors (Lipinski definition) is 2. The van der Waals surface area contributed by atoms with Crippen LogP contribution in [0.4, 0.5) is 0 Å². The van der Waals surface area contributed by atoms with Crippen LogP contribution in [0.25, 0.3) is 0 Å². The van der Waals surface area contributed by atoms with Gasteiger partial charge in [0.15, 0.2) is 5.96 Å². The molecule has 1 aromatic heterocycles. The van der Waals surface area contributed by atoms with Gasteiger partial charge in [0, 0.05) is 51.3 Å². The number of nitrogens with zero attached hydrogens (tertiary/aromatic N) is 5. The molecule has 0 aromatic carbocycles. The van der Waals surface area contributed by atoms with Crippen molar-refractivity contribution in [1.29, 1.82) is 0 Å². The fourth-order valence-electron chi connectivity index (χ4n) is 3.77. The zero-order valence-corrected chi connectivity index (χ0v) is 19.0. The molecular formula is C21H41N7O. The van der Waals surface area contributed by atoms with Crippen LogP contribution < -0.4 is 10.6 Å². The van der Waals surface area contributed by atoms with E-state index < -0.39 is 0 Å². The second-order valence-corrected chi connectivity index (χ2v) is 8.25. The Kier molecular flexibility index (Phi) is 10.4. The number of guanidine groups is 1. The molecule has 1 atom stereocenters. The summed E-state index contributed by atoms with van der Waals surface area (Å²) >= 11 is 0. The summed E-state index contributed by atoms with van der Waals surface area (Å²) in [5.74, 6) is 1.87. The van der Waals surface area contributed by atoms with Gasteiger partial charge in [-0.2, -0.15) is 0 Å².